The van der Waals surface area contributed by atoms with Crippen LogP contribution >= 0.6 is 0 Å². The van der Waals surface area contributed by atoms with Crippen molar-refractivity contribution >= 4 is 11.9 Å². The molecule has 1 amide bonds. The zero-order chi connectivity index (χ0) is 18.6. The summed E-state index contributed by atoms with van der Waals surface area (Å²) in [6.07, 6.45) is -2.04. The largest absolute Gasteiger partial charge is 0.467 e. The lowest BCUT2D eigenvalue weighted by Gasteiger charge is -2.20. The Kier molecular flexibility index (Phi) is 5.40. The second kappa shape index (κ2) is 7.32. The minimum atomic E-state index is -4.57. The minimum Gasteiger partial charge on any atom is -0.467 e. The molecule has 0 fully saturated rings. The normalized spacial score (nSPS) is 13.8. The summed E-state index contributed by atoms with van der Waals surface area (Å²) in [6, 6.07) is 1.92. The molecule has 0 aliphatic rings. The fourth-order valence-corrected chi connectivity index (χ4v) is 2.09. The van der Waals surface area contributed by atoms with E-state index in [1.807, 2.05) is 0 Å². The van der Waals surface area contributed by atoms with E-state index in [0.29, 0.717) is 0 Å². The van der Waals surface area contributed by atoms with E-state index in [-0.39, 0.29) is 5.56 Å². The van der Waals surface area contributed by atoms with E-state index in [0.717, 1.165) is 25.3 Å². The highest BCUT2D eigenvalue weighted by molar-refractivity contribution is 5.87. The van der Waals surface area contributed by atoms with E-state index >= 15 is 0 Å². The Balaban J connectivity index is 2.28. The van der Waals surface area contributed by atoms with Gasteiger partial charge in [-0.3, -0.25) is 4.79 Å². The summed E-state index contributed by atoms with van der Waals surface area (Å²) in [6.45, 7) is 1.50. The van der Waals surface area contributed by atoms with E-state index in [1.54, 1.807) is 0 Å². The first-order valence-electron chi connectivity index (χ1n) is 7.13. The average Bonchev–Trinajstić information content (AvgIpc) is 3.12. The number of halogens is 3. The molecule has 10 heteroatoms. The third kappa shape index (κ3) is 4.34. The second-order valence-electron chi connectivity index (χ2n) is 5.14. The van der Waals surface area contributed by atoms with Crippen molar-refractivity contribution < 1.29 is 27.5 Å². The van der Waals surface area contributed by atoms with Crippen LogP contribution in [-0.4, -0.2) is 33.8 Å². The number of hydrogen-bond acceptors (Lipinski definition) is 5. The molecule has 1 N–H and O–H groups in total. The standard InChI is InChI=1S/C15H15F3N4O3/c1-9(22-8-19-7-20-22)13(23)21-12(14(24)25-2)10-4-3-5-11(6-10)15(16,17)18/h3-9,12H,1-2H3,(H,21,23). The van der Waals surface area contributed by atoms with E-state index in [9.17, 15) is 22.8 Å². The van der Waals surface area contributed by atoms with Crippen LogP contribution in [0.15, 0.2) is 36.9 Å². The highest BCUT2D eigenvalue weighted by Gasteiger charge is 2.33. The highest BCUT2D eigenvalue weighted by Crippen LogP contribution is 2.31. The van der Waals surface area contributed by atoms with Gasteiger partial charge < -0.3 is 10.1 Å². The van der Waals surface area contributed by atoms with Gasteiger partial charge in [-0.2, -0.15) is 18.3 Å². The lowest BCUT2D eigenvalue weighted by Crippen LogP contribution is -2.38. The van der Waals surface area contributed by atoms with E-state index in [2.05, 4.69) is 20.1 Å². The summed E-state index contributed by atoms with van der Waals surface area (Å²) in [5, 5.41) is 6.19. The molecule has 0 radical (unpaired) electrons. The van der Waals surface area contributed by atoms with Crippen molar-refractivity contribution in [1.82, 2.24) is 20.1 Å². The number of esters is 1. The molecule has 1 aromatic carbocycles. The molecule has 0 aliphatic heterocycles. The SMILES string of the molecule is COC(=O)C(NC(=O)C(C)n1cncn1)c1cccc(C(F)(F)F)c1. The van der Waals surface area contributed by atoms with Crippen LogP contribution in [0.4, 0.5) is 13.2 Å². The van der Waals surface area contributed by atoms with Crippen molar-refractivity contribution in [3.63, 3.8) is 0 Å². The third-order valence-electron chi connectivity index (χ3n) is 3.48. The third-order valence-corrected chi connectivity index (χ3v) is 3.48. The van der Waals surface area contributed by atoms with Crippen LogP contribution in [0.1, 0.15) is 30.1 Å². The van der Waals surface area contributed by atoms with E-state index < -0.39 is 35.7 Å². The molecule has 0 saturated carbocycles. The predicted molar refractivity (Wildman–Crippen MR) is 79.1 cm³/mol. The lowest BCUT2D eigenvalue weighted by molar-refractivity contribution is -0.146. The van der Waals surface area contributed by atoms with Crippen molar-refractivity contribution in [3.05, 3.63) is 48.0 Å². The van der Waals surface area contributed by atoms with Crippen LogP contribution < -0.4 is 5.32 Å². The fourth-order valence-electron chi connectivity index (χ4n) is 2.09. The Labute approximate surface area is 140 Å². The lowest BCUT2D eigenvalue weighted by atomic mass is 10.0. The summed E-state index contributed by atoms with van der Waals surface area (Å²) in [5.74, 6) is -1.52. The maximum absolute atomic E-state index is 12.9. The maximum Gasteiger partial charge on any atom is 0.416 e. The number of nitrogens with one attached hydrogen (secondary N) is 1. The summed E-state index contributed by atoms with van der Waals surface area (Å²) in [4.78, 5) is 28.0. The topological polar surface area (TPSA) is 86.1 Å². The molecule has 0 bridgehead atoms. The number of alkyl halides is 3. The number of nitrogens with zero attached hydrogens (tertiary/aromatic N) is 3. The summed E-state index contributed by atoms with van der Waals surface area (Å²) >= 11 is 0. The molecule has 0 aliphatic carbocycles. The number of amides is 1. The Morgan fingerprint density at radius 1 is 1.32 bits per heavy atom. The van der Waals surface area contributed by atoms with E-state index in [1.165, 1.54) is 30.3 Å². The zero-order valence-corrected chi connectivity index (χ0v) is 13.3. The molecule has 25 heavy (non-hydrogen) atoms. The second-order valence-corrected chi connectivity index (χ2v) is 5.14. The molecule has 2 atom stereocenters. The van der Waals surface area contributed by atoms with Crippen molar-refractivity contribution in [1.29, 1.82) is 0 Å². The molecule has 2 aromatic rings. The Bertz CT molecular complexity index is 747. The smallest absolute Gasteiger partial charge is 0.416 e. The first-order valence-corrected chi connectivity index (χ1v) is 7.13. The molecule has 7 nitrogen and oxygen atoms in total. The van der Waals surface area contributed by atoms with Gasteiger partial charge in [0.15, 0.2) is 6.04 Å². The van der Waals surface area contributed by atoms with Crippen molar-refractivity contribution in [2.24, 2.45) is 0 Å². The van der Waals surface area contributed by atoms with Gasteiger partial charge in [0.25, 0.3) is 0 Å². The van der Waals surface area contributed by atoms with Crippen LogP contribution in [0.25, 0.3) is 0 Å². The number of hydrogen-bond donors (Lipinski definition) is 1. The van der Waals surface area contributed by atoms with Crippen molar-refractivity contribution in [2.75, 3.05) is 7.11 Å². The molecule has 1 heterocycles. The van der Waals surface area contributed by atoms with Crippen LogP contribution in [0.3, 0.4) is 0 Å². The number of benzene rings is 1. The van der Waals surface area contributed by atoms with Gasteiger partial charge in [0.2, 0.25) is 5.91 Å². The number of rotatable bonds is 5. The van der Waals surface area contributed by atoms with Crippen LogP contribution in [0.5, 0.6) is 0 Å². The molecular weight excluding hydrogens is 341 g/mol. The monoisotopic (exact) mass is 356 g/mol. The summed E-state index contributed by atoms with van der Waals surface area (Å²) < 4.78 is 44.4. The number of carbonyl (C=O) groups excluding carboxylic acids is 2. The van der Waals surface area contributed by atoms with Crippen molar-refractivity contribution in [2.45, 2.75) is 25.2 Å². The number of carbonyl (C=O) groups is 2. The highest BCUT2D eigenvalue weighted by atomic mass is 19.4. The van der Waals surface area contributed by atoms with Gasteiger partial charge >= 0.3 is 12.1 Å². The Hall–Kier alpha value is -2.91. The molecule has 134 valence electrons. The van der Waals surface area contributed by atoms with Crippen LogP contribution in [0, 0.1) is 0 Å². The minimum absolute atomic E-state index is 0.0409. The summed E-state index contributed by atoms with van der Waals surface area (Å²) in [7, 11) is 1.08. The summed E-state index contributed by atoms with van der Waals surface area (Å²) in [5.41, 5.74) is -0.974. The first kappa shape index (κ1) is 18.4. The fraction of sp³-hybridized carbons (Fsp3) is 0.333. The van der Waals surface area contributed by atoms with Gasteiger partial charge in [0.05, 0.1) is 12.7 Å². The van der Waals surface area contributed by atoms with Gasteiger partial charge in [0, 0.05) is 0 Å². The van der Waals surface area contributed by atoms with E-state index in [4.69, 9.17) is 0 Å². The van der Waals surface area contributed by atoms with Gasteiger partial charge in [0.1, 0.15) is 18.7 Å². The molecule has 2 rings (SSSR count). The average molecular weight is 356 g/mol. The van der Waals surface area contributed by atoms with Gasteiger partial charge in [-0.05, 0) is 24.6 Å². The molecule has 2 unspecified atom stereocenters. The van der Waals surface area contributed by atoms with Crippen LogP contribution in [-0.2, 0) is 20.5 Å². The van der Waals surface area contributed by atoms with Crippen molar-refractivity contribution in [3.8, 4) is 0 Å². The van der Waals surface area contributed by atoms with Crippen LogP contribution in [0.2, 0.25) is 0 Å². The predicted octanol–water partition coefficient (Wildman–Crippen LogP) is 1.89. The Morgan fingerprint density at radius 3 is 2.60 bits per heavy atom. The molecular formula is C15H15F3N4O3. The van der Waals surface area contributed by atoms with Gasteiger partial charge in [-0.25, -0.2) is 14.5 Å². The molecule has 0 saturated heterocycles. The first-order chi connectivity index (χ1) is 11.7. The maximum atomic E-state index is 12.9. The van der Waals surface area contributed by atoms with Gasteiger partial charge in [-0.1, -0.05) is 12.1 Å². The number of ether oxygens (including phenoxy) is 1. The number of methoxy groups -OCH3 is 1. The zero-order valence-electron chi connectivity index (χ0n) is 13.3. The number of aromatic nitrogens is 3. The van der Waals surface area contributed by atoms with Gasteiger partial charge in [-0.15, -0.1) is 0 Å². The molecule has 0 spiro atoms. The Morgan fingerprint density at radius 2 is 2.04 bits per heavy atom. The quantitative estimate of drug-likeness (QED) is 0.827. The molecule has 1 aromatic heterocycles.